The second-order valence-corrected chi connectivity index (χ2v) is 3.41. The predicted octanol–water partition coefficient (Wildman–Crippen LogP) is 1.87. The van der Waals surface area contributed by atoms with Crippen molar-refractivity contribution in [1.82, 2.24) is 0 Å². The Morgan fingerprint density at radius 1 is 1.38 bits per heavy atom. The highest BCUT2D eigenvalue weighted by atomic mass is 79.9. The number of rotatable bonds is 1. The fourth-order valence-electron chi connectivity index (χ4n) is 0.958. The lowest BCUT2D eigenvalue weighted by atomic mass is 10.1. The van der Waals surface area contributed by atoms with Crippen molar-refractivity contribution in [3.63, 3.8) is 0 Å². The first-order valence-corrected chi connectivity index (χ1v) is 4.18. The Balaban J connectivity index is 3.56. The minimum absolute atomic E-state index is 0.250. The molecule has 0 aromatic heterocycles. The van der Waals surface area contributed by atoms with E-state index in [0.717, 1.165) is 0 Å². The van der Waals surface area contributed by atoms with Crippen LogP contribution in [-0.2, 0) is 0 Å². The van der Waals surface area contributed by atoms with Gasteiger partial charge in [0.1, 0.15) is 17.1 Å². The molecule has 0 spiro atoms. The second kappa shape index (κ2) is 3.26. The van der Waals surface area contributed by atoms with Crippen LogP contribution in [0.2, 0.25) is 0 Å². The molecule has 0 radical (unpaired) electrons. The van der Waals surface area contributed by atoms with E-state index in [1.165, 1.54) is 6.07 Å². The van der Waals surface area contributed by atoms with Crippen LogP contribution in [0.1, 0.15) is 15.9 Å². The van der Waals surface area contributed by atoms with Crippen molar-refractivity contribution in [3.05, 3.63) is 21.7 Å². The summed E-state index contributed by atoms with van der Waals surface area (Å²) < 4.78 is 0.250. The van der Waals surface area contributed by atoms with Gasteiger partial charge in [0.2, 0.25) is 0 Å². The third kappa shape index (κ3) is 1.60. The molecule has 0 saturated carbocycles. The lowest BCUT2D eigenvalue weighted by Crippen LogP contribution is -1.99. The number of aryl methyl sites for hydroxylation is 1. The number of halogens is 1. The van der Waals surface area contributed by atoms with E-state index in [2.05, 4.69) is 15.9 Å². The fourth-order valence-corrected chi connectivity index (χ4v) is 1.50. The Kier molecular flexibility index (Phi) is 2.47. The van der Waals surface area contributed by atoms with Gasteiger partial charge in [-0.25, -0.2) is 4.79 Å². The number of benzene rings is 1. The maximum Gasteiger partial charge on any atom is 0.343 e. The molecule has 1 rings (SSSR count). The van der Waals surface area contributed by atoms with Crippen molar-refractivity contribution in [1.29, 1.82) is 0 Å². The number of hydrogen-bond donors (Lipinski definition) is 3. The van der Waals surface area contributed by atoms with Gasteiger partial charge in [-0.15, -0.1) is 0 Å². The molecule has 0 bridgehead atoms. The molecule has 0 aliphatic rings. The Morgan fingerprint density at radius 2 is 1.92 bits per heavy atom. The zero-order valence-electron chi connectivity index (χ0n) is 6.71. The van der Waals surface area contributed by atoms with Crippen molar-refractivity contribution in [3.8, 4) is 11.5 Å². The highest BCUT2D eigenvalue weighted by molar-refractivity contribution is 9.10. The van der Waals surface area contributed by atoms with E-state index < -0.39 is 23.0 Å². The van der Waals surface area contributed by atoms with Gasteiger partial charge in [-0.2, -0.15) is 0 Å². The monoisotopic (exact) mass is 246 g/mol. The summed E-state index contributed by atoms with van der Waals surface area (Å²) in [4.78, 5) is 10.6. The number of aromatic carboxylic acids is 1. The maximum atomic E-state index is 10.6. The molecule has 0 saturated heterocycles. The Hall–Kier alpha value is -1.23. The molecule has 3 N–H and O–H groups in total. The summed E-state index contributed by atoms with van der Waals surface area (Å²) >= 11 is 2.97. The van der Waals surface area contributed by atoms with Gasteiger partial charge in [-0.05, 0) is 34.5 Å². The third-order valence-electron chi connectivity index (χ3n) is 1.63. The topological polar surface area (TPSA) is 77.8 Å². The molecule has 1 aromatic carbocycles. The number of hydrogen-bond acceptors (Lipinski definition) is 3. The van der Waals surface area contributed by atoms with Gasteiger partial charge in [-0.1, -0.05) is 0 Å². The van der Waals surface area contributed by atoms with Gasteiger partial charge in [0, 0.05) is 0 Å². The van der Waals surface area contributed by atoms with Crippen LogP contribution in [0.15, 0.2) is 10.5 Å². The summed E-state index contributed by atoms with van der Waals surface area (Å²) in [6.45, 7) is 1.55. The van der Waals surface area contributed by atoms with Crippen LogP contribution in [0.25, 0.3) is 0 Å². The molecule has 0 atom stereocenters. The lowest BCUT2D eigenvalue weighted by Gasteiger charge is -2.07. The highest BCUT2D eigenvalue weighted by Gasteiger charge is 2.19. The molecule has 4 nitrogen and oxygen atoms in total. The maximum absolute atomic E-state index is 10.6. The summed E-state index contributed by atoms with van der Waals surface area (Å²) in [6.07, 6.45) is 0. The minimum atomic E-state index is -1.36. The van der Waals surface area contributed by atoms with E-state index in [4.69, 9.17) is 5.11 Å². The van der Waals surface area contributed by atoms with Crippen LogP contribution in [-0.4, -0.2) is 21.3 Å². The fraction of sp³-hybridized carbons (Fsp3) is 0.125. The van der Waals surface area contributed by atoms with Crippen LogP contribution in [0.5, 0.6) is 11.5 Å². The number of phenols is 2. The molecular formula is C8H7BrO4. The molecule has 1 aromatic rings. The summed E-state index contributed by atoms with van der Waals surface area (Å²) in [7, 11) is 0. The van der Waals surface area contributed by atoms with Crippen LogP contribution < -0.4 is 0 Å². The molecule has 13 heavy (non-hydrogen) atoms. The summed E-state index contributed by atoms with van der Waals surface area (Å²) in [5.41, 5.74) is -0.0889. The molecule has 70 valence electrons. The predicted molar refractivity (Wildman–Crippen MR) is 49.2 cm³/mol. The van der Waals surface area contributed by atoms with Gasteiger partial charge in [0.05, 0.1) is 4.47 Å². The molecule has 5 heteroatoms. The standard InChI is InChI=1S/C8H7BrO4/c1-3-2-4(9)7(11)5(6(3)10)8(12)13/h2,10-11H,1H3,(H,12,13). The molecule has 0 heterocycles. The zero-order chi connectivity index (χ0) is 10.2. The first-order valence-electron chi connectivity index (χ1n) is 3.39. The number of carboxylic acids is 1. The van der Waals surface area contributed by atoms with Crippen molar-refractivity contribution < 1.29 is 20.1 Å². The van der Waals surface area contributed by atoms with E-state index in [9.17, 15) is 15.0 Å². The Bertz CT molecular complexity index is 347. The van der Waals surface area contributed by atoms with Gasteiger partial charge >= 0.3 is 5.97 Å². The van der Waals surface area contributed by atoms with E-state index in [1.54, 1.807) is 6.92 Å². The first kappa shape index (κ1) is 9.85. The highest BCUT2D eigenvalue weighted by Crippen LogP contribution is 2.36. The van der Waals surface area contributed by atoms with Crippen LogP contribution >= 0.6 is 15.9 Å². The molecule has 0 aliphatic carbocycles. The molecule has 0 amide bonds. The number of carboxylic acid groups (broad SMARTS) is 1. The van der Waals surface area contributed by atoms with Gasteiger partial charge in [0.15, 0.2) is 0 Å². The third-order valence-corrected chi connectivity index (χ3v) is 2.23. The van der Waals surface area contributed by atoms with Crippen LogP contribution in [0.3, 0.4) is 0 Å². The average molecular weight is 247 g/mol. The largest absolute Gasteiger partial charge is 0.507 e. The molecular weight excluding hydrogens is 240 g/mol. The van der Waals surface area contributed by atoms with Gasteiger partial charge in [0.25, 0.3) is 0 Å². The Labute approximate surface area is 82.6 Å². The Morgan fingerprint density at radius 3 is 2.38 bits per heavy atom. The number of carbonyl (C=O) groups is 1. The van der Waals surface area contributed by atoms with Crippen molar-refractivity contribution in [2.45, 2.75) is 6.92 Å². The molecule has 0 aliphatic heterocycles. The van der Waals surface area contributed by atoms with Crippen LogP contribution in [0.4, 0.5) is 0 Å². The molecule has 0 unspecified atom stereocenters. The van der Waals surface area contributed by atoms with Crippen LogP contribution in [0, 0.1) is 6.92 Å². The zero-order valence-corrected chi connectivity index (χ0v) is 8.29. The second-order valence-electron chi connectivity index (χ2n) is 2.55. The van der Waals surface area contributed by atoms with E-state index in [0.29, 0.717) is 5.56 Å². The van der Waals surface area contributed by atoms with E-state index >= 15 is 0 Å². The molecule has 0 fully saturated rings. The average Bonchev–Trinajstić information content (AvgIpc) is 2.01. The SMILES string of the molecule is Cc1cc(Br)c(O)c(C(=O)O)c1O. The van der Waals surface area contributed by atoms with Crippen molar-refractivity contribution in [2.24, 2.45) is 0 Å². The van der Waals surface area contributed by atoms with Crippen molar-refractivity contribution >= 4 is 21.9 Å². The summed E-state index contributed by atoms with van der Waals surface area (Å²) in [6, 6.07) is 1.44. The van der Waals surface area contributed by atoms with Crippen molar-refractivity contribution in [2.75, 3.05) is 0 Å². The van der Waals surface area contributed by atoms with Gasteiger partial charge in [-0.3, -0.25) is 0 Å². The smallest absolute Gasteiger partial charge is 0.343 e. The number of aromatic hydroxyl groups is 2. The minimum Gasteiger partial charge on any atom is -0.507 e. The quantitative estimate of drug-likeness (QED) is 0.707. The first-order chi connectivity index (χ1) is 5.95. The van der Waals surface area contributed by atoms with Gasteiger partial charge < -0.3 is 15.3 Å². The lowest BCUT2D eigenvalue weighted by molar-refractivity contribution is 0.0690. The summed E-state index contributed by atoms with van der Waals surface area (Å²) in [5.74, 6) is -2.23. The normalized spacial score (nSPS) is 10.0. The van der Waals surface area contributed by atoms with E-state index in [1.807, 2.05) is 0 Å². The van der Waals surface area contributed by atoms with E-state index in [-0.39, 0.29) is 4.47 Å². The summed E-state index contributed by atoms with van der Waals surface area (Å²) in [5, 5.41) is 27.3.